The van der Waals surface area contributed by atoms with Crippen LogP contribution in [0.4, 0.5) is 0 Å². The molecule has 0 aromatic rings. The lowest BCUT2D eigenvalue weighted by Crippen LogP contribution is -2.01. The molecule has 0 aliphatic heterocycles. The molecular weight excluding hydrogens is 300 g/mol. The average molecular weight is 330 g/mol. The van der Waals surface area contributed by atoms with E-state index in [4.69, 9.17) is 0 Å². The third-order valence-corrected chi connectivity index (χ3v) is 4.09. The topological polar surface area (TPSA) is 43.4 Å². The predicted octanol–water partition coefficient (Wildman–Crippen LogP) is 5.09. The van der Waals surface area contributed by atoms with Crippen molar-refractivity contribution in [3.63, 3.8) is 0 Å². The Bertz CT molecular complexity index is 509. The SMILES string of the molecule is CCCCCC=CC=C1C(=O)C=CC1CC=CCCCC(=O)OC. The van der Waals surface area contributed by atoms with E-state index in [2.05, 4.69) is 29.9 Å². The molecule has 0 saturated carbocycles. The molecule has 0 bridgehead atoms. The number of hydrogen-bond donors (Lipinski definition) is 0. The summed E-state index contributed by atoms with van der Waals surface area (Å²) >= 11 is 0. The third-order valence-electron chi connectivity index (χ3n) is 4.09. The first-order valence-electron chi connectivity index (χ1n) is 9.00. The summed E-state index contributed by atoms with van der Waals surface area (Å²) in [7, 11) is 1.41. The summed E-state index contributed by atoms with van der Waals surface area (Å²) in [5.74, 6) is 0.135. The van der Waals surface area contributed by atoms with Gasteiger partial charge in [0.05, 0.1) is 7.11 Å². The Morgan fingerprint density at radius 1 is 1.17 bits per heavy atom. The standard InChI is InChI=1S/C21H30O3/c1-3-4-5-6-7-11-14-19-18(16-17-20(19)22)13-10-8-9-12-15-21(23)24-2/h7-8,10-11,14,16-18H,3-6,9,12-13,15H2,1-2H3. The van der Waals surface area contributed by atoms with Crippen LogP contribution < -0.4 is 0 Å². The lowest BCUT2D eigenvalue weighted by Gasteiger charge is -2.06. The molecule has 0 aromatic carbocycles. The summed E-state index contributed by atoms with van der Waals surface area (Å²) in [5, 5.41) is 0. The van der Waals surface area contributed by atoms with Gasteiger partial charge < -0.3 is 4.74 Å². The maximum atomic E-state index is 11.9. The highest BCUT2D eigenvalue weighted by atomic mass is 16.5. The first-order valence-corrected chi connectivity index (χ1v) is 9.00. The van der Waals surface area contributed by atoms with Crippen molar-refractivity contribution >= 4 is 11.8 Å². The number of rotatable bonds is 11. The Morgan fingerprint density at radius 3 is 2.71 bits per heavy atom. The van der Waals surface area contributed by atoms with Crippen LogP contribution in [0, 0.1) is 5.92 Å². The first-order chi connectivity index (χ1) is 11.7. The van der Waals surface area contributed by atoms with Crippen LogP contribution in [0.5, 0.6) is 0 Å². The highest BCUT2D eigenvalue weighted by Crippen LogP contribution is 2.25. The van der Waals surface area contributed by atoms with Crippen molar-refractivity contribution in [1.29, 1.82) is 0 Å². The van der Waals surface area contributed by atoms with Gasteiger partial charge in [-0.15, -0.1) is 0 Å². The zero-order valence-corrected chi connectivity index (χ0v) is 15.0. The molecule has 3 nitrogen and oxygen atoms in total. The number of allylic oxidation sites excluding steroid dienone is 8. The lowest BCUT2D eigenvalue weighted by atomic mass is 9.97. The molecule has 0 spiro atoms. The van der Waals surface area contributed by atoms with Crippen molar-refractivity contribution in [3.8, 4) is 0 Å². The van der Waals surface area contributed by atoms with E-state index >= 15 is 0 Å². The smallest absolute Gasteiger partial charge is 0.305 e. The molecule has 1 rings (SSSR count). The molecule has 3 heteroatoms. The second kappa shape index (κ2) is 12.5. The highest BCUT2D eigenvalue weighted by Gasteiger charge is 2.20. The number of carbonyl (C=O) groups excluding carboxylic acids is 2. The molecule has 0 radical (unpaired) electrons. The number of ether oxygens (including phenoxy) is 1. The molecule has 0 saturated heterocycles. The third kappa shape index (κ3) is 8.09. The van der Waals surface area contributed by atoms with Crippen molar-refractivity contribution in [2.24, 2.45) is 5.92 Å². The number of ketones is 1. The second-order valence-corrected chi connectivity index (χ2v) is 6.05. The summed E-state index contributed by atoms with van der Waals surface area (Å²) in [6.07, 6.45) is 21.7. The maximum Gasteiger partial charge on any atom is 0.305 e. The van der Waals surface area contributed by atoms with E-state index in [1.54, 1.807) is 6.08 Å². The summed E-state index contributed by atoms with van der Waals surface area (Å²) in [6.45, 7) is 2.20. The van der Waals surface area contributed by atoms with Gasteiger partial charge in [-0.3, -0.25) is 9.59 Å². The minimum absolute atomic E-state index is 0.122. The van der Waals surface area contributed by atoms with Crippen molar-refractivity contribution < 1.29 is 14.3 Å². The van der Waals surface area contributed by atoms with E-state index in [-0.39, 0.29) is 17.7 Å². The zero-order chi connectivity index (χ0) is 17.6. The van der Waals surface area contributed by atoms with Gasteiger partial charge in [-0.05, 0) is 38.2 Å². The van der Waals surface area contributed by atoms with Crippen LogP contribution in [0.2, 0.25) is 0 Å². The first kappa shape index (κ1) is 20.1. The van der Waals surface area contributed by atoms with Crippen LogP contribution >= 0.6 is 0 Å². The van der Waals surface area contributed by atoms with Gasteiger partial charge in [0.2, 0.25) is 0 Å². The molecule has 0 heterocycles. The predicted molar refractivity (Wildman–Crippen MR) is 98.6 cm³/mol. The quantitative estimate of drug-likeness (QED) is 0.229. The van der Waals surface area contributed by atoms with Gasteiger partial charge in [0.25, 0.3) is 0 Å². The van der Waals surface area contributed by atoms with Crippen molar-refractivity contribution in [2.75, 3.05) is 7.11 Å². The minimum Gasteiger partial charge on any atom is -0.469 e. The largest absolute Gasteiger partial charge is 0.469 e. The molecule has 0 N–H and O–H groups in total. The van der Waals surface area contributed by atoms with Gasteiger partial charge in [-0.25, -0.2) is 0 Å². The highest BCUT2D eigenvalue weighted by molar-refractivity contribution is 6.07. The maximum absolute atomic E-state index is 11.9. The van der Waals surface area contributed by atoms with Crippen LogP contribution in [0.25, 0.3) is 0 Å². The summed E-state index contributed by atoms with van der Waals surface area (Å²) in [6, 6.07) is 0. The molecule has 0 amide bonds. The van der Waals surface area contributed by atoms with Gasteiger partial charge in [0.15, 0.2) is 5.78 Å². The molecule has 24 heavy (non-hydrogen) atoms. The Hall–Kier alpha value is -1.90. The van der Waals surface area contributed by atoms with Crippen molar-refractivity contribution in [2.45, 2.75) is 58.3 Å². The molecule has 1 atom stereocenters. The van der Waals surface area contributed by atoms with E-state index in [1.807, 2.05) is 18.2 Å². The number of carbonyl (C=O) groups is 2. The van der Waals surface area contributed by atoms with Gasteiger partial charge in [0.1, 0.15) is 0 Å². The summed E-state index contributed by atoms with van der Waals surface area (Å²) in [5.41, 5.74) is 0.876. The van der Waals surface area contributed by atoms with E-state index in [1.165, 1.54) is 26.4 Å². The number of unbranched alkanes of at least 4 members (excludes halogenated alkanes) is 4. The number of methoxy groups -OCH3 is 1. The van der Waals surface area contributed by atoms with Crippen LogP contribution in [0.3, 0.4) is 0 Å². The normalized spacial score (nSPS) is 19.2. The summed E-state index contributed by atoms with van der Waals surface area (Å²) < 4.78 is 4.61. The fraction of sp³-hybridized carbons (Fsp3) is 0.524. The Labute approximate surface area is 146 Å². The molecule has 1 aliphatic rings. The van der Waals surface area contributed by atoms with E-state index in [0.29, 0.717) is 6.42 Å². The molecule has 1 unspecified atom stereocenters. The van der Waals surface area contributed by atoms with Crippen molar-refractivity contribution in [3.05, 3.63) is 48.1 Å². The molecule has 0 fully saturated rings. The molecule has 132 valence electrons. The Balaban J connectivity index is 2.36. The zero-order valence-electron chi connectivity index (χ0n) is 15.0. The van der Waals surface area contributed by atoms with E-state index in [0.717, 1.165) is 31.3 Å². The Kier molecular flexibility index (Phi) is 10.5. The van der Waals surface area contributed by atoms with Crippen LogP contribution in [0.15, 0.2) is 48.1 Å². The van der Waals surface area contributed by atoms with Crippen LogP contribution in [0.1, 0.15) is 58.3 Å². The monoisotopic (exact) mass is 330 g/mol. The molecule has 0 aromatic heterocycles. The number of hydrogen-bond acceptors (Lipinski definition) is 3. The summed E-state index contributed by atoms with van der Waals surface area (Å²) in [4.78, 5) is 22.9. The van der Waals surface area contributed by atoms with Gasteiger partial charge in [-0.1, -0.05) is 56.2 Å². The van der Waals surface area contributed by atoms with Gasteiger partial charge in [0, 0.05) is 17.9 Å². The average Bonchev–Trinajstić information content (AvgIpc) is 2.94. The minimum atomic E-state index is -0.163. The second-order valence-electron chi connectivity index (χ2n) is 6.05. The fourth-order valence-electron chi connectivity index (χ4n) is 2.60. The fourth-order valence-corrected chi connectivity index (χ4v) is 2.60. The molecule has 1 aliphatic carbocycles. The van der Waals surface area contributed by atoms with Crippen molar-refractivity contribution in [1.82, 2.24) is 0 Å². The molecular formula is C21H30O3. The number of esters is 1. The lowest BCUT2D eigenvalue weighted by molar-refractivity contribution is -0.140. The van der Waals surface area contributed by atoms with Crippen LogP contribution in [-0.2, 0) is 14.3 Å². The van der Waals surface area contributed by atoms with Crippen LogP contribution in [-0.4, -0.2) is 18.9 Å². The van der Waals surface area contributed by atoms with Gasteiger partial charge >= 0.3 is 5.97 Å². The Morgan fingerprint density at radius 2 is 1.96 bits per heavy atom. The van der Waals surface area contributed by atoms with E-state index in [9.17, 15) is 9.59 Å². The van der Waals surface area contributed by atoms with E-state index < -0.39 is 0 Å². The van der Waals surface area contributed by atoms with Gasteiger partial charge in [-0.2, -0.15) is 0 Å².